The SMILES string of the molecule is Cc1ccc(N)cc1S(=O)(=O)NC(=O)NC(C)C. The van der Waals surface area contributed by atoms with Crippen LogP contribution < -0.4 is 15.8 Å². The lowest BCUT2D eigenvalue weighted by molar-refractivity contribution is 0.243. The second-order valence-corrected chi connectivity index (χ2v) is 5.91. The molecule has 1 aromatic carbocycles. The average Bonchev–Trinajstić information content (AvgIpc) is 2.19. The lowest BCUT2D eigenvalue weighted by Crippen LogP contribution is -2.42. The van der Waals surface area contributed by atoms with Crippen LogP contribution in [-0.2, 0) is 10.0 Å². The van der Waals surface area contributed by atoms with Crippen molar-refractivity contribution in [1.82, 2.24) is 10.0 Å². The number of urea groups is 1. The van der Waals surface area contributed by atoms with E-state index in [1.807, 2.05) is 4.72 Å². The van der Waals surface area contributed by atoms with Crippen LogP contribution in [-0.4, -0.2) is 20.5 Å². The number of hydrogen-bond acceptors (Lipinski definition) is 4. The molecule has 6 nitrogen and oxygen atoms in total. The van der Waals surface area contributed by atoms with E-state index in [1.165, 1.54) is 6.07 Å². The van der Waals surface area contributed by atoms with E-state index in [4.69, 9.17) is 5.73 Å². The highest BCUT2D eigenvalue weighted by molar-refractivity contribution is 7.90. The fraction of sp³-hybridized carbons (Fsp3) is 0.364. The first-order chi connectivity index (χ1) is 8.22. The maximum absolute atomic E-state index is 12.0. The topological polar surface area (TPSA) is 101 Å². The number of carbonyl (C=O) groups is 1. The van der Waals surface area contributed by atoms with Crippen molar-refractivity contribution >= 4 is 21.7 Å². The van der Waals surface area contributed by atoms with Crippen molar-refractivity contribution in [2.45, 2.75) is 31.7 Å². The van der Waals surface area contributed by atoms with Crippen LogP contribution in [0.3, 0.4) is 0 Å². The minimum atomic E-state index is -3.90. The van der Waals surface area contributed by atoms with Crippen LogP contribution in [0.1, 0.15) is 19.4 Å². The van der Waals surface area contributed by atoms with E-state index in [1.54, 1.807) is 32.9 Å². The molecule has 4 N–H and O–H groups in total. The Hall–Kier alpha value is -1.76. The summed E-state index contributed by atoms with van der Waals surface area (Å²) in [7, 11) is -3.90. The van der Waals surface area contributed by atoms with Crippen molar-refractivity contribution in [2.75, 3.05) is 5.73 Å². The number of anilines is 1. The molecular weight excluding hydrogens is 254 g/mol. The fourth-order valence-corrected chi connectivity index (χ4v) is 2.57. The summed E-state index contributed by atoms with van der Waals surface area (Å²) >= 11 is 0. The van der Waals surface area contributed by atoms with Crippen LogP contribution in [0.15, 0.2) is 23.1 Å². The average molecular weight is 271 g/mol. The number of nitrogen functional groups attached to an aromatic ring is 1. The molecule has 2 amide bonds. The molecule has 100 valence electrons. The maximum atomic E-state index is 12.0. The summed E-state index contributed by atoms with van der Waals surface area (Å²) in [5.74, 6) is 0. The molecule has 0 unspecified atom stereocenters. The van der Waals surface area contributed by atoms with Gasteiger partial charge in [0, 0.05) is 11.7 Å². The lowest BCUT2D eigenvalue weighted by Gasteiger charge is -2.12. The fourth-order valence-electron chi connectivity index (χ4n) is 1.37. The van der Waals surface area contributed by atoms with E-state index in [9.17, 15) is 13.2 Å². The van der Waals surface area contributed by atoms with Crippen LogP contribution in [0.2, 0.25) is 0 Å². The number of nitrogens with two attached hydrogens (primary N) is 1. The van der Waals surface area contributed by atoms with Crippen LogP contribution in [0, 0.1) is 6.92 Å². The highest BCUT2D eigenvalue weighted by Crippen LogP contribution is 2.17. The zero-order valence-corrected chi connectivity index (χ0v) is 11.3. The van der Waals surface area contributed by atoms with Gasteiger partial charge in [-0.2, -0.15) is 0 Å². The molecule has 0 saturated heterocycles. The number of benzene rings is 1. The number of aryl methyl sites for hydroxylation is 1. The van der Waals surface area contributed by atoms with E-state index < -0.39 is 16.1 Å². The Kier molecular flexibility index (Phi) is 4.18. The van der Waals surface area contributed by atoms with Gasteiger partial charge in [-0.25, -0.2) is 17.9 Å². The number of carbonyl (C=O) groups excluding carboxylic acids is 1. The second-order valence-electron chi connectivity index (χ2n) is 4.26. The second kappa shape index (κ2) is 5.26. The molecule has 0 radical (unpaired) electrons. The van der Waals surface area contributed by atoms with Crippen molar-refractivity contribution < 1.29 is 13.2 Å². The third kappa shape index (κ3) is 3.63. The Morgan fingerprint density at radius 3 is 2.50 bits per heavy atom. The van der Waals surface area contributed by atoms with Crippen LogP contribution in [0.4, 0.5) is 10.5 Å². The Balaban J connectivity index is 3.00. The zero-order valence-electron chi connectivity index (χ0n) is 10.5. The van der Waals surface area contributed by atoms with E-state index >= 15 is 0 Å². The normalized spacial score (nSPS) is 11.3. The Morgan fingerprint density at radius 2 is 1.94 bits per heavy atom. The van der Waals surface area contributed by atoms with Gasteiger partial charge in [-0.3, -0.25) is 0 Å². The standard InChI is InChI=1S/C11H17N3O3S/c1-7(2)13-11(15)14-18(16,17)10-6-9(12)5-4-8(10)3/h4-7H,12H2,1-3H3,(H2,13,14,15). The summed E-state index contributed by atoms with van der Waals surface area (Å²) in [4.78, 5) is 11.4. The van der Waals surface area contributed by atoms with E-state index in [0.29, 0.717) is 11.3 Å². The minimum Gasteiger partial charge on any atom is -0.399 e. The van der Waals surface area contributed by atoms with Crippen LogP contribution in [0.25, 0.3) is 0 Å². The van der Waals surface area contributed by atoms with Gasteiger partial charge in [0.1, 0.15) is 0 Å². The first-order valence-corrected chi connectivity index (χ1v) is 6.90. The molecule has 0 aliphatic heterocycles. The van der Waals surface area contributed by atoms with Crippen LogP contribution in [0.5, 0.6) is 0 Å². The molecule has 0 heterocycles. The Labute approximate surface area is 107 Å². The van der Waals surface area contributed by atoms with Crippen molar-refractivity contribution in [3.63, 3.8) is 0 Å². The van der Waals surface area contributed by atoms with Gasteiger partial charge in [-0.1, -0.05) is 6.07 Å². The van der Waals surface area contributed by atoms with Crippen LogP contribution >= 0.6 is 0 Å². The van der Waals surface area contributed by atoms with E-state index in [-0.39, 0.29) is 10.9 Å². The molecule has 0 aromatic heterocycles. The third-order valence-corrected chi connectivity index (χ3v) is 3.62. The largest absolute Gasteiger partial charge is 0.399 e. The monoisotopic (exact) mass is 271 g/mol. The number of nitrogens with one attached hydrogen (secondary N) is 2. The van der Waals surface area contributed by atoms with Gasteiger partial charge in [0.2, 0.25) is 0 Å². The third-order valence-electron chi connectivity index (χ3n) is 2.15. The van der Waals surface area contributed by atoms with Crippen molar-refractivity contribution in [3.05, 3.63) is 23.8 Å². The molecule has 0 spiro atoms. The molecule has 0 aliphatic rings. The summed E-state index contributed by atoms with van der Waals surface area (Å²) in [5, 5.41) is 2.44. The first-order valence-electron chi connectivity index (χ1n) is 5.42. The summed E-state index contributed by atoms with van der Waals surface area (Å²) < 4.78 is 25.9. The molecular formula is C11H17N3O3S. The molecule has 1 aromatic rings. The number of amides is 2. The lowest BCUT2D eigenvalue weighted by atomic mass is 10.2. The smallest absolute Gasteiger partial charge is 0.328 e. The van der Waals surface area contributed by atoms with Gasteiger partial charge >= 0.3 is 6.03 Å². The number of hydrogen-bond donors (Lipinski definition) is 3. The molecule has 1 rings (SSSR count). The maximum Gasteiger partial charge on any atom is 0.328 e. The number of rotatable bonds is 3. The minimum absolute atomic E-state index is 0.00130. The molecule has 0 fully saturated rings. The Morgan fingerprint density at radius 1 is 1.33 bits per heavy atom. The summed E-state index contributed by atoms with van der Waals surface area (Å²) in [6.07, 6.45) is 0. The van der Waals surface area contributed by atoms with E-state index in [0.717, 1.165) is 0 Å². The number of sulfonamides is 1. The molecule has 0 saturated carbocycles. The zero-order chi connectivity index (χ0) is 13.9. The van der Waals surface area contributed by atoms with Gasteiger partial charge in [0.25, 0.3) is 10.0 Å². The molecule has 0 aliphatic carbocycles. The molecule has 7 heteroatoms. The molecule has 0 atom stereocenters. The van der Waals surface area contributed by atoms with Gasteiger partial charge in [0.05, 0.1) is 4.90 Å². The van der Waals surface area contributed by atoms with Gasteiger partial charge < -0.3 is 11.1 Å². The summed E-state index contributed by atoms with van der Waals surface area (Å²) in [6, 6.07) is 3.60. The summed E-state index contributed by atoms with van der Waals surface area (Å²) in [6.45, 7) is 5.10. The molecule has 18 heavy (non-hydrogen) atoms. The predicted octanol–water partition coefficient (Wildman–Crippen LogP) is 0.974. The summed E-state index contributed by atoms with van der Waals surface area (Å²) in [5.41, 5.74) is 6.39. The van der Waals surface area contributed by atoms with Gasteiger partial charge in [0.15, 0.2) is 0 Å². The van der Waals surface area contributed by atoms with Crippen molar-refractivity contribution in [2.24, 2.45) is 0 Å². The van der Waals surface area contributed by atoms with Gasteiger partial charge in [-0.05, 0) is 38.5 Å². The quantitative estimate of drug-likeness (QED) is 0.713. The van der Waals surface area contributed by atoms with E-state index in [2.05, 4.69) is 5.32 Å². The predicted molar refractivity (Wildman–Crippen MR) is 69.6 cm³/mol. The van der Waals surface area contributed by atoms with Gasteiger partial charge in [-0.15, -0.1) is 0 Å². The highest BCUT2D eigenvalue weighted by atomic mass is 32.2. The van der Waals surface area contributed by atoms with Crippen molar-refractivity contribution in [1.29, 1.82) is 0 Å². The first kappa shape index (κ1) is 14.3. The Bertz CT molecular complexity index is 553. The molecule has 0 bridgehead atoms. The van der Waals surface area contributed by atoms with Crippen molar-refractivity contribution in [3.8, 4) is 0 Å². The highest BCUT2D eigenvalue weighted by Gasteiger charge is 2.20.